The molecule has 0 aromatic heterocycles. The van der Waals surface area contributed by atoms with Crippen LogP contribution in [-0.4, -0.2) is 17.1 Å². The third-order valence-electron chi connectivity index (χ3n) is 1.74. The summed E-state index contributed by atoms with van der Waals surface area (Å²) in [5.74, 6) is -0.152. The van der Waals surface area contributed by atoms with E-state index in [1.165, 1.54) is 18.4 Å². The molecule has 0 atom stereocenters. The Bertz CT molecular complexity index is 489. The molecule has 1 aromatic carbocycles. The van der Waals surface area contributed by atoms with Gasteiger partial charge in [0.05, 0.1) is 10.5 Å². The SMILES string of the molecule is NC(N)=N/N=C\C=C\c1ccccc1[N+](=O)[O-]. The van der Waals surface area contributed by atoms with Crippen molar-refractivity contribution in [2.24, 2.45) is 21.7 Å². The summed E-state index contributed by atoms with van der Waals surface area (Å²) in [4.78, 5) is 10.2. The van der Waals surface area contributed by atoms with Crippen molar-refractivity contribution in [3.63, 3.8) is 0 Å². The highest BCUT2D eigenvalue weighted by atomic mass is 16.6. The maximum Gasteiger partial charge on any atom is 0.276 e. The van der Waals surface area contributed by atoms with E-state index in [1.54, 1.807) is 24.3 Å². The molecule has 7 heteroatoms. The molecule has 1 aromatic rings. The largest absolute Gasteiger partial charge is 0.369 e. The van der Waals surface area contributed by atoms with Crippen LogP contribution in [-0.2, 0) is 0 Å². The molecule has 0 heterocycles. The number of rotatable bonds is 4. The zero-order chi connectivity index (χ0) is 12.7. The number of nitrogens with two attached hydrogens (primary N) is 2. The van der Waals surface area contributed by atoms with Crippen molar-refractivity contribution >= 4 is 23.9 Å². The Labute approximate surface area is 97.3 Å². The van der Waals surface area contributed by atoms with Gasteiger partial charge in [0.25, 0.3) is 5.69 Å². The normalized spacial score (nSPS) is 10.8. The van der Waals surface area contributed by atoms with Crippen LogP contribution in [0.5, 0.6) is 0 Å². The lowest BCUT2D eigenvalue weighted by Gasteiger charge is -1.94. The molecular weight excluding hydrogens is 222 g/mol. The minimum atomic E-state index is -0.452. The van der Waals surface area contributed by atoms with Crippen molar-refractivity contribution in [1.82, 2.24) is 0 Å². The quantitative estimate of drug-likeness (QED) is 0.347. The summed E-state index contributed by atoms with van der Waals surface area (Å²) in [6, 6.07) is 6.36. The molecule has 0 fully saturated rings. The Morgan fingerprint density at radius 1 is 1.35 bits per heavy atom. The molecule has 0 amide bonds. The van der Waals surface area contributed by atoms with Gasteiger partial charge in [0.2, 0.25) is 5.96 Å². The Morgan fingerprint density at radius 2 is 2.06 bits per heavy atom. The van der Waals surface area contributed by atoms with Crippen LogP contribution in [0, 0.1) is 10.1 Å². The number of nitro benzene ring substituents is 1. The summed E-state index contributed by atoms with van der Waals surface area (Å²) >= 11 is 0. The molecule has 0 unspecified atom stereocenters. The van der Waals surface area contributed by atoms with Gasteiger partial charge < -0.3 is 11.5 Å². The smallest absolute Gasteiger partial charge is 0.276 e. The average Bonchev–Trinajstić information content (AvgIpc) is 2.28. The zero-order valence-electron chi connectivity index (χ0n) is 8.85. The maximum absolute atomic E-state index is 10.7. The van der Waals surface area contributed by atoms with Crippen LogP contribution in [0.15, 0.2) is 40.5 Å². The molecule has 1 rings (SSSR count). The second kappa shape index (κ2) is 6.01. The number of nitrogens with zero attached hydrogens (tertiary/aromatic N) is 3. The van der Waals surface area contributed by atoms with Gasteiger partial charge in [-0.1, -0.05) is 12.1 Å². The standard InChI is InChI=1S/C10H11N5O2/c11-10(12)14-13-7-3-5-8-4-1-2-6-9(8)15(16)17/h1-7H,(H4,11,12,14)/b5-3+,13-7-. The van der Waals surface area contributed by atoms with Gasteiger partial charge >= 0.3 is 0 Å². The van der Waals surface area contributed by atoms with Gasteiger partial charge in [-0.25, -0.2) is 0 Å². The van der Waals surface area contributed by atoms with E-state index >= 15 is 0 Å². The van der Waals surface area contributed by atoms with Gasteiger partial charge in [-0.3, -0.25) is 10.1 Å². The van der Waals surface area contributed by atoms with Gasteiger partial charge in [-0.2, -0.15) is 5.10 Å². The molecule has 0 saturated carbocycles. The van der Waals surface area contributed by atoms with Crippen molar-refractivity contribution in [2.75, 3.05) is 0 Å². The minimum absolute atomic E-state index is 0.0268. The van der Waals surface area contributed by atoms with Gasteiger partial charge in [0.15, 0.2) is 0 Å². The third-order valence-corrected chi connectivity index (χ3v) is 1.74. The number of para-hydroxylation sites is 1. The molecule has 0 saturated heterocycles. The highest BCUT2D eigenvalue weighted by Crippen LogP contribution is 2.18. The van der Waals surface area contributed by atoms with Crippen LogP contribution in [0.25, 0.3) is 6.08 Å². The van der Waals surface area contributed by atoms with E-state index in [9.17, 15) is 10.1 Å². The Balaban J connectivity index is 2.81. The lowest BCUT2D eigenvalue weighted by atomic mass is 10.2. The van der Waals surface area contributed by atoms with Crippen LogP contribution >= 0.6 is 0 Å². The fourth-order valence-corrected chi connectivity index (χ4v) is 1.08. The molecule has 0 spiro atoms. The number of allylic oxidation sites excluding steroid dienone is 1. The summed E-state index contributed by atoms with van der Waals surface area (Å²) in [6.07, 6.45) is 4.38. The number of nitro groups is 1. The molecule has 0 aliphatic heterocycles. The van der Waals surface area contributed by atoms with Gasteiger partial charge in [-0.15, -0.1) is 5.10 Å². The van der Waals surface area contributed by atoms with Gasteiger partial charge in [-0.05, 0) is 18.2 Å². The summed E-state index contributed by atoms with van der Waals surface area (Å²) in [5.41, 5.74) is 10.6. The first kappa shape index (κ1) is 12.4. The predicted molar refractivity (Wildman–Crippen MR) is 66.4 cm³/mol. The zero-order valence-corrected chi connectivity index (χ0v) is 8.85. The minimum Gasteiger partial charge on any atom is -0.369 e. The molecule has 4 N–H and O–H groups in total. The monoisotopic (exact) mass is 233 g/mol. The van der Waals surface area contributed by atoms with Crippen LogP contribution in [0.2, 0.25) is 0 Å². The number of hydrogen-bond acceptors (Lipinski definition) is 4. The van der Waals surface area contributed by atoms with Crippen LogP contribution < -0.4 is 11.5 Å². The third kappa shape index (κ3) is 4.12. The second-order valence-corrected chi connectivity index (χ2v) is 2.96. The number of hydrogen-bond donors (Lipinski definition) is 2. The first-order chi connectivity index (χ1) is 8.11. The lowest BCUT2D eigenvalue weighted by molar-refractivity contribution is -0.385. The Morgan fingerprint density at radius 3 is 2.71 bits per heavy atom. The van der Waals surface area contributed by atoms with Crippen LogP contribution in [0.3, 0.4) is 0 Å². The number of benzene rings is 1. The fraction of sp³-hybridized carbons (Fsp3) is 0. The topological polar surface area (TPSA) is 120 Å². The summed E-state index contributed by atoms with van der Waals surface area (Å²) in [7, 11) is 0. The predicted octanol–water partition coefficient (Wildman–Crippen LogP) is 0.867. The highest BCUT2D eigenvalue weighted by molar-refractivity contribution is 5.81. The van der Waals surface area contributed by atoms with E-state index in [4.69, 9.17) is 11.5 Å². The first-order valence-electron chi connectivity index (χ1n) is 4.63. The molecule has 17 heavy (non-hydrogen) atoms. The summed E-state index contributed by atoms with van der Waals surface area (Å²) < 4.78 is 0. The van der Waals surface area contributed by atoms with Gasteiger partial charge in [0, 0.05) is 12.3 Å². The van der Waals surface area contributed by atoms with Crippen LogP contribution in [0.4, 0.5) is 5.69 Å². The maximum atomic E-state index is 10.7. The average molecular weight is 233 g/mol. The van der Waals surface area contributed by atoms with Crippen LogP contribution in [0.1, 0.15) is 5.56 Å². The fourth-order valence-electron chi connectivity index (χ4n) is 1.08. The second-order valence-electron chi connectivity index (χ2n) is 2.96. The molecule has 88 valence electrons. The molecule has 0 aliphatic rings. The molecule has 7 nitrogen and oxygen atoms in total. The van der Waals surface area contributed by atoms with E-state index in [1.807, 2.05) is 0 Å². The van der Waals surface area contributed by atoms with Crippen molar-refractivity contribution in [3.8, 4) is 0 Å². The van der Waals surface area contributed by atoms with E-state index in [2.05, 4.69) is 10.2 Å². The first-order valence-corrected chi connectivity index (χ1v) is 4.63. The molecule has 0 radical (unpaired) electrons. The van der Waals surface area contributed by atoms with Crippen molar-refractivity contribution in [1.29, 1.82) is 0 Å². The van der Waals surface area contributed by atoms with Gasteiger partial charge in [0.1, 0.15) is 0 Å². The molecular formula is C10H11N5O2. The van der Waals surface area contributed by atoms with Crippen molar-refractivity contribution in [2.45, 2.75) is 0 Å². The number of guanidine groups is 1. The van der Waals surface area contributed by atoms with E-state index in [-0.39, 0.29) is 11.6 Å². The van der Waals surface area contributed by atoms with Crippen molar-refractivity contribution < 1.29 is 4.92 Å². The molecule has 0 bridgehead atoms. The van der Waals surface area contributed by atoms with Crippen molar-refractivity contribution in [3.05, 3.63) is 46.0 Å². The Kier molecular flexibility index (Phi) is 4.37. The van der Waals surface area contributed by atoms with E-state index in [0.717, 1.165) is 0 Å². The lowest BCUT2D eigenvalue weighted by Crippen LogP contribution is -2.21. The Hall–Kier alpha value is -2.70. The summed E-state index contributed by atoms with van der Waals surface area (Å²) in [5, 5.41) is 17.6. The van der Waals surface area contributed by atoms with E-state index < -0.39 is 4.92 Å². The summed E-state index contributed by atoms with van der Waals surface area (Å²) in [6.45, 7) is 0. The highest BCUT2D eigenvalue weighted by Gasteiger charge is 2.08. The molecule has 0 aliphatic carbocycles. The van der Waals surface area contributed by atoms with E-state index in [0.29, 0.717) is 5.56 Å².